The summed E-state index contributed by atoms with van der Waals surface area (Å²) in [6.07, 6.45) is -0.953. The Morgan fingerprint density at radius 1 is 1.15 bits per heavy atom. The second-order valence-corrected chi connectivity index (χ2v) is 9.61. The number of likely N-dealkylation sites (N-methyl/N-ethyl adjacent to an activating group) is 1. The molecule has 1 aromatic carbocycles. The van der Waals surface area contributed by atoms with Crippen molar-refractivity contribution in [3.63, 3.8) is 0 Å². The fraction of sp³-hybridized carbons (Fsp3) is 0.370. The number of anilines is 1. The molecule has 0 atom stereocenters. The highest BCUT2D eigenvalue weighted by atomic mass is 35.5. The van der Waals surface area contributed by atoms with Crippen molar-refractivity contribution in [1.82, 2.24) is 20.6 Å². The van der Waals surface area contributed by atoms with E-state index in [0.717, 1.165) is 12.1 Å². The van der Waals surface area contributed by atoms with E-state index in [1.807, 2.05) is 4.90 Å². The van der Waals surface area contributed by atoms with Gasteiger partial charge in [0.2, 0.25) is 11.8 Å². The summed E-state index contributed by atoms with van der Waals surface area (Å²) in [5.41, 5.74) is -0.664. The number of carbonyl (C=O) groups excluding carboxylic acids is 1. The predicted octanol–water partition coefficient (Wildman–Crippen LogP) is 4.84. The van der Waals surface area contributed by atoms with Crippen molar-refractivity contribution in [2.45, 2.75) is 24.4 Å². The smallest absolute Gasteiger partial charge is 0.416 e. The van der Waals surface area contributed by atoms with Crippen LogP contribution in [-0.2, 0) is 16.4 Å². The molecule has 3 aromatic rings. The number of hydrogen-bond acceptors (Lipinski definition) is 6. The van der Waals surface area contributed by atoms with Crippen molar-refractivity contribution in [2.24, 2.45) is 0 Å². The molecule has 3 heterocycles. The molecule has 1 aliphatic rings. The number of nitrogens with one attached hydrogen (secondary N) is 2. The molecule has 0 bridgehead atoms. The molecule has 0 spiro atoms. The summed E-state index contributed by atoms with van der Waals surface area (Å²) in [5, 5.41) is 5.85. The van der Waals surface area contributed by atoms with Gasteiger partial charge in [-0.1, -0.05) is 11.6 Å². The number of piperidine rings is 1. The molecule has 12 heteroatoms. The molecule has 0 aliphatic carbocycles. The third-order valence-electron chi connectivity index (χ3n) is 6.94. The van der Waals surface area contributed by atoms with Crippen molar-refractivity contribution in [1.29, 1.82) is 0 Å². The van der Waals surface area contributed by atoms with Gasteiger partial charge in [0.05, 0.1) is 34.4 Å². The maximum absolute atomic E-state index is 15.5. The van der Waals surface area contributed by atoms with Gasteiger partial charge in [0, 0.05) is 38.6 Å². The predicted molar refractivity (Wildman–Crippen MR) is 140 cm³/mol. The minimum atomic E-state index is -4.51. The van der Waals surface area contributed by atoms with Gasteiger partial charge >= 0.3 is 6.18 Å². The summed E-state index contributed by atoms with van der Waals surface area (Å²) < 4.78 is 60.0. The lowest BCUT2D eigenvalue weighted by Crippen LogP contribution is -2.52. The van der Waals surface area contributed by atoms with E-state index in [1.165, 1.54) is 31.6 Å². The van der Waals surface area contributed by atoms with E-state index in [0.29, 0.717) is 43.0 Å². The number of methoxy groups -OCH3 is 1. The van der Waals surface area contributed by atoms with Crippen LogP contribution in [0.4, 0.5) is 23.2 Å². The van der Waals surface area contributed by atoms with E-state index < -0.39 is 23.0 Å². The number of benzene rings is 1. The van der Waals surface area contributed by atoms with E-state index in [-0.39, 0.29) is 35.3 Å². The lowest BCUT2D eigenvalue weighted by atomic mass is 9.72. The minimum absolute atomic E-state index is 0.0294. The fourth-order valence-corrected chi connectivity index (χ4v) is 5.12. The molecule has 7 nitrogen and oxygen atoms in total. The molecule has 208 valence electrons. The highest BCUT2D eigenvalue weighted by molar-refractivity contribution is 6.33. The molecule has 1 fully saturated rings. The molecule has 0 saturated carbocycles. The SMILES string of the molecule is CNCCNC(=O)C1(c2cnc(-c3cccnc3OC)c(F)c2)CCN(c2ccc(C(F)(F)F)cc2Cl)CC1. The van der Waals surface area contributed by atoms with Crippen LogP contribution >= 0.6 is 11.6 Å². The van der Waals surface area contributed by atoms with Crippen LogP contribution in [0.3, 0.4) is 0 Å². The first-order valence-electron chi connectivity index (χ1n) is 12.3. The normalized spacial score (nSPS) is 15.2. The van der Waals surface area contributed by atoms with Crippen molar-refractivity contribution in [2.75, 3.05) is 45.2 Å². The summed E-state index contributed by atoms with van der Waals surface area (Å²) in [4.78, 5) is 23.8. The highest BCUT2D eigenvalue weighted by Gasteiger charge is 2.44. The van der Waals surface area contributed by atoms with Gasteiger partial charge in [0.1, 0.15) is 11.5 Å². The molecule has 0 radical (unpaired) electrons. The van der Waals surface area contributed by atoms with Gasteiger partial charge in [-0.2, -0.15) is 13.2 Å². The number of carbonyl (C=O) groups is 1. The Bertz CT molecular complexity index is 1330. The summed E-state index contributed by atoms with van der Waals surface area (Å²) in [7, 11) is 3.19. The van der Waals surface area contributed by atoms with Crippen LogP contribution in [0.1, 0.15) is 24.0 Å². The van der Waals surface area contributed by atoms with Crippen LogP contribution in [0, 0.1) is 5.82 Å². The number of aromatic nitrogens is 2. The summed E-state index contributed by atoms with van der Waals surface area (Å²) in [6, 6.07) is 7.82. The average molecular weight is 566 g/mol. The van der Waals surface area contributed by atoms with Gasteiger partial charge in [-0.3, -0.25) is 9.78 Å². The third kappa shape index (κ3) is 5.94. The Morgan fingerprint density at radius 3 is 2.51 bits per heavy atom. The lowest BCUT2D eigenvalue weighted by molar-refractivity contribution is -0.137. The van der Waals surface area contributed by atoms with Gasteiger partial charge in [-0.25, -0.2) is 9.37 Å². The minimum Gasteiger partial charge on any atom is -0.481 e. The van der Waals surface area contributed by atoms with Gasteiger partial charge in [-0.15, -0.1) is 0 Å². The number of rotatable bonds is 8. The van der Waals surface area contributed by atoms with Crippen LogP contribution in [-0.4, -0.2) is 56.2 Å². The van der Waals surface area contributed by atoms with Gasteiger partial charge < -0.3 is 20.3 Å². The Morgan fingerprint density at radius 2 is 1.90 bits per heavy atom. The number of halogens is 5. The summed E-state index contributed by atoms with van der Waals surface area (Å²) in [5.74, 6) is -0.684. The Hall–Kier alpha value is -3.44. The molecular formula is C27H28ClF4N5O2. The van der Waals surface area contributed by atoms with Crippen LogP contribution in [0.5, 0.6) is 5.88 Å². The molecule has 0 unspecified atom stereocenters. The molecule has 1 amide bonds. The van der Waals surface area contributed by atoms with E-state index in [4.69, 9.17) is 16.3 Å². The largest absolute Gasteiger partial charge is 0.481 e. The first kappa shape index (κ1) is 28.6. The van der Waals surface area contributed by atoms with Gasteiger partial charge in [-0.05, 0) is 61.9 Å². The van der Waals surface area contributed by atoms with Gasteiger partial charge in [0.15, 0.2) is 0 Å². The molecule has 4 rings (SSSR count). The molecular weight excluding hydrogens is 538 g/mol. The molecule has 39 heavy (non-hydrogen) atoms. The van der Waals surface area contributed by atoms with Gasteiger partial charge in [0.25, 0.3) is 0 Å². The Balaban J connectivity index is 1.65. The van der Waals surface area contributed by atoms with Crippen LogP contribution in [0.15, 0.2) is 48.8 Å². The summed E-state index contributed by atoms with van der Waals surface area (Å²) in [6.45, 7) is 1.53. The van der Waals surface area contributed by atoms with Crippen molar-refractivity contribution >= 4 is 23.2 Å². The number of alkyl halides is 3. The number of nitrogens with zero attached hydrogens (tertiary/aromatic N) is 3. The van der Waals surface area contributed by atoms with Crippen molar-refractivity contribution in [3.8, 4) is 17.1 Å². The average Bonchev–Trinajstić information content (AvgIpc) is 2.92. The van der Waals surface area contributed by atoms with E-state index in [2.05, 4.69) is 20.6 Å². The van der Waals surface area contributed by atoms with Crippen LogP contribution in [0.25, 0.3) is 11.3 Å². The third-order valence-corrected chi connectivity index (χ3v) is 7.24. The van der Waals surface area contributed by atoms with E-state index >= 15 is 4.39 Å². The van der Waals surface area contributed by atoms with Crippen molar-refractivity contribution in [3.05, 3.63) is 70.8 Å². The number of pyridine rings is 2. The van der Waals surface area contributed by atoms with Crippen LogP contribution < -0.4 is 20.3 Å². The van der Waals surface area contributed by atoms with Crippen molar-refractivity contribution < 1.29 is 27.1 Å². The first-order valence-corrected chi connectivity index (χ1v) is 12.7. The second kappa shape index (κ2) is 11.7. The molecule has 2 aromatic heterocycles. The topological polar surface area (TPSA) is 79.4 Å². The molecule has 2 N–H and O–H groups in total. The Kier molecular flexibility index (Phi) is 8.60. The first-order chi connectivity index (χ1) is 18.6. The quantitative estimate of drug-likeness (QED) is 0.301. The Labute approximate surface area is 228 Å². The monoisotopic (exact) mass is 565 g/mol. The number of ether oxygens (including phenoxy) is 1. The highest BCUT2D eigenvalue weighted by Crippen LogP contribution is 2.41. The standard InChI is InChI=1S/C27H28ClF4N5O2/c1-33-10-11-35-25(38)26(18-15-21(29)23(36-16-18)19-4-3-9-34-24(19)39-2)7-12-37(13-8-26)22-6-5-17(14-20(22)28)27(30,31)32/h3-6,9,14-16,33H,7-8,10-13H2,1-2H3,(H,35,38). The molecule has 1 aliphatic heterocycles. The maximum Gasteiger partial charge on any atom is 0.416 e. The summed E-state index contributed by atoms with van der Waals surface area (Å²) >= 11 is 6.22. The zero-order valence-electron chi connectivity index (χ0n) is 21.4. The number of amides is 1. The number of hydrogen-bond donors (Lipinski definition) is 2. The molecule has 1 saturated heterocycles. The zero-order valence-corrected chi connectivity index (χ0v) is 22.2. The fourth-order valence-electron chi connectivity index (χ4n) is 4.82. The second-order valence-electron chi connectivity index (χ2n) is 9.21. The van der Waals surface area contributed by atoms with E-state index in [1.54, 1.807) is 19.2 Å². The lowest BCUT2D eigenvalue weighted by Gasteiger charge is -2.42. The van der Waals surface area contributed by atoms with Crippen LogP contribution in [0.2, 0.25) is 5.02 Å². The zero-order chi connectivity index (χ0) is 28.2. The van der Waals surface area contributed by atoms with E-state index in [9.17, 15) is 18.0 Å². The maximum atomic E-state index is 15.5.